The molecule has 0 aromatic heterocycles. The van der Waals surface area contributed by atoms with Crippen molar-refractivity contribution in [3.63, 3.8) is 0 Å². The monoisotopic (exact) mass is 296 g/mol. The maximum atomic E-state index is 12.2. The molecule has 21 heavy (non-hydrogen) atoms. The summed E-state index contributed by atoms with van der Waals surface area (Å²) in [5, 5.41) is 12.0. The lowest BCUT2D eigenvalue weighted by Crippen LogP contribution is -2.45. The Morgan fingerprint density at radius 1 is 1.14 bits per heavy atom. The number of piperidine rings is 1. The maximum Gasteiger partial charge on any atom is 0.225 e. The van der Waals surface area contributed by atoms with Crippen molar-refractivity contribution in [1.29, 1.82) is 0 Å². The molecule has 5 nitrogen and oxygen atoms in total. The van der Waals surface area contributed by atoms with Gasteiger partial charge in [0.2, 0.25) is 11.8 Å². The molecule has 0 atom stereocenters. The zero-order valence-electron chi connectivity index (χ0n) is 13.2. The van der Waals surface area contributed by atoms with Gasteiger partial charge in [-0.15, -0.1) is 0 Å². The van der Waals surface area contributed by atoms with E-state index in [4.69, 9.17) is 5.11 Å². The largest absolute Gasteiger partial charge is 0.396 e. The Morgan fingerprint density at radius 3 is 2.29 bits per heavy atom. The Bertz CT molecular complexity index is 383. The van der Waals surface area contributed by atoms with Gasteiger partial charge >= 0.3 is 0 Å². The van der Waals surface area contributed by atoms with E-state index in [0.29, 0.717) is 26.1 Å². The van der Waals surface area contributed by atoms with Crippen LogP contribution in [0.5, 0.6) is 0 Å². The molecule has 0 radical (unpaired) electrons. The molecule has 0 spiro atoms. The molecular weight excluding hydrogens is 268 g/mol. The number of aliphatic hydroxyl groups excluding tert-OH is 1. The second-order valence-electron chi connectivity index (χ2n) is 7.23. The number of aliphatic hydroxyl groups is 1. The van der Waals surface area contributed by atoms with Crippen molar-refractivity contribution in [1.82, 2.24) is 10.2 Å². The predicted octanol–water partition coefficient (Wildman–Crippen LogP) is 1.16. The number of rotatable bonds is 6. The third kappa shape index (κ3) is 4.70. The van der Waals surface area contributed by atoms with E-state index < -0.39 is 0 Å². The first kappa shape index (κ1) is 16.3. The zero-order chi connectivity index (χ0) is 15.5. The number of amides is 2. The van der Waals surface area contributed by atoms with Crippen LogP contribution < -0.4 is 5.32 Å². The van der Waals surface area contributed by atoms with Gasteiger partial charge < -0.3 is 15.3 Å². The number of hydrogen-bond donors (Lipinski definition) is 2. The molecule has 0 unspecified atom stereocenters. The molecule has 0 bridgehead atoms. The fourth-order valence-electron chi connectivity index (χ4n) is 2.81. The standard InChI is InChI=1S/C16H28N2O3/c1-16(2,7-10-19)11-17-14(20)12-5-8-18(9-6-12)15(21)13-3-4-13/h12-13,19H,3-11H2,1-2H3,(H,17,20). The number of carbonyl (C=O) groups excluding carboxylic acids is 2. The van der Waals surface area contributed by atoms with E-state index >= 15 is 0 Å². The second-order valence-corrected chi connectivity index (χ2v) is 7.23. The Kier molecular flexibility index (Phi) is 5.25. The molecule has 5 heteroatoms. The van der Waals surface area contributed by atoms with Gasteiger partial charge in [0.15, 0.2) is 0 Å². The summed E-state index contributed by atoms with van der Waals surface area (Å²) < 4.78 is 0. The van der Waals surface area contributed by atoms with E-state index in [0.717, 1.165) is 25.7 Å². The molecule has 0 aromatic rings. The van der Waals surface area contributed by atoms with Crippen LogP contribution in [0.4, 0.5) is 0 Å². The summed E-state index contributed by atoms with van der Waals surface area (Å²) in [6.07, 6.45) is 4.30. The molecule has 120 valence electrons. The van der Waals surface area contributed by atoms with Gasteiger partial charge in [-0.05, 0) is 37.5 Å². The van der Waals surface area contributed by atoms with Gasteiger partial charge in [-0.25, -0.2) is 0 Å². The normalized spacial score (nSPS) is 20.4. The third-order valence-electron chi connectivity index (χ3n) is 4.63. The Hall–Kier alpha value is -1.10. The first-order valence-electron chi connectivity index (χ1n) is 8.10. The molecule has 2 rings (SSSR count). The van der Waals surface area contributed by atoms with Gasteiger partial charge in [-0.2, -0.15) is 0 Å². The van der Waals surface area contributed by atoms with Gasteiger partial charge in [0.25, 0.3) is 0 Å². The van der Waals surface area contributed by atoms with Crippen LogP contribution in [0.3, 0.4) is 0 Å². The van der Waals surface area contributed by atoms with Crippen molar-refractivity contribution < 1.29 is 14.7 Å². The van der Waals surface area contributed by atoms with E-state index in [-0.39, 0.29) is 35.7 Å². The van der Waals surface area contributed by atoms with Crippen LogP contribution in [-0.4, -0.2) is 48.1 Å². The highest BCUT2D eigenvalue weighted by molar-refractivity contribution is 5.82. The number of likely N-dealkylation sites (tertiary alicyclic amines) is 1. The number of nitrogens with zero attached hydrogens (tertiary/aromatic N) is 1. The van der Waals surface area contributed by atoms with Crippen LogP contribution in [0.2, 0.25) is 0 Å². The van der Waals surface area contributed by atoms with Gasteiger partial charge in [0.05, 0.1) is 0 Å². The molecule has 2 N–H and O–H groups in total. The first-order chi connectivity index (χ1) is 9.93. The van der Waals surface area contributed by atoms with Crippen molar-refractivity contribution in [2.45, 2.75) is 46.0 Å². The van der Waals surface area contributed by atoms with Crippen molar-refractivity contribution >= 4 is 11.8 Å². The average Bonchev–Trinajstić information content (AvgIpc) is 3.29. The van der Waals surface area contributed by atoms with Gasteiger partial charge in [-0.3, -0.25) is 9.59 Å². The highest BCUT2D eigenvalue weighted by Gasteiger charge is 2.36. The average molecular weight is 296 g/mol. The first-order valence-corrected chi connectivity index (χ1v) is 8.10. The minimum absolute atomic E-state index is 0.0261. The lowest BCUT2D eigenvalue weighted by molar-refractivity contribution is -0.136. The molecule has 2 amide bonds. The van der Waals surface area contributed by atoms with Gasteiger partial charge in [0.1, 0.15) is 0 Å². The molecular formula is C16H28N2O3. The quantitative estimate of drug-likeness (QED) is 0.773. The van der Waals surface area contributed by atoms with Crippen LogP contribution in [0.1, 0.15) is 46.0 Å². The zero-order valence-corrected chi connectivity index (χ0v) is 13.2. The Labute approximate surface area is 127 Å². The van der Waals surface area contributed by atoms with E-state index in [1.165, 1.54) is 0 Å². The van der Waals surface area contributed by atoms with Crippen molar-refractivity contribution in [2.75, 3.05) is 26.2 Å². The minimum Gasteiger partial charge on any atom is -0.396 e. The topological polar surface area (TPSA) is 69.6 Å². The van der Waals surface area contributed by atoms with Crippen LogP contribution in [0.25, 0.3) is 0 Å². The molecule has 1 saturated carbocycles. The summed E-state index contributed by atoms with van der Waals surface area (Å²) in [5.74, 6) is 0.685. The molecule has 1 saturated heterocycles. The summed E-state index contributed by atoms with van der Waals surface area (Å²) >= 11 is 0. The summed E-state index contributed by atoms with van der Waals surface area (Å²) in [7, 11) is 0. The van der Waals surface area contributed by atoms with Crippen LogP contribution in [0, 0.1) is 17.3 Å². The van der Waals surface area contributed by atoms with Crippen molar-refractivity contribution in [3.8, 4) is 0 Å². The second kappa shape index (κ2) is 6.77. The summed E-state index contributed by atoms with van der Waals surface area (Å²) in [6, 6.07) is 0. The highest BCUT2D eigenvalue weighted by Crippen LogP contribution is 2.32. The van der Waals surface area contributed by atoms with Crippen LogP contribution in [-0.2, 0) is 9.59 Å². The number of hydrogen-bond acceptors (Lipinski definition) is 3. The molecule has 1 aliphatic carbocycles. The summed E-state index contributed by atoms with van der Waals surface area (Å²) in [6.45, 7) is 6.25. The SMILES string of the molecule is CC(C)(CCO)CNC(=O)C1CCN(C(=O)C2CC2)CC1. The fraction of sp³-hybridized carbons (Fsp3) is 0.875. The van der Waals surface area contributed by atoms with E-state index in [9.17, 15) is 9.59 Å². The Morgan fingerprint density at radius 2 is 1.76 bits per heavy atom. The fourth-order valence-corrected chi connectivity index (χ4v) is 2.81. The van der Waals surface area contributed by atoms with E-state index in [1.807, 2.05) is 18.7 Å². The maximum absolute atomic E-state index is 12.2. The molecule has 2 aliphatic rings. The van der Waals surface area contributed by atoms with Gasteiger partial charge in [0, 0.05) is 38.1 Å². The van der Waals surface area contributed by atoms with E-state index in [2.05, 4.69) is 5.32 Å². The van der Waals surface area contributed by atoms with Crippen LogP contribution >= 0.6 is 0 Å². The number of nitrogens with one attached hydrogen (secondary N) is 1. The lowest BCUT2D eigenvalue weighted by Gasteiger charge is -2.32. The Balaban J connectivity index is 1.71. The molecule has 0 aromatic carbocycles. The molecule has 1 aliphatic heterocycles. The summed E-state index contributed by atoms with van der Waals surface area (Å²) in [5.41, 5.74) is -0.0763. The van der Waals surface area contributed by atoms with Gasteiger partial charge in [-0.1, -0.05) is 13.8 Å². The predicted molar refractivity (Wildman–Crippen MR) is 80.5 cm³/mol. The van der Waals surface area contributed by atoms with Crippen molar-refractivity contribution in [2.24, 2.45) is 17.3 Å². The molecule has 1 heterocycles. The third-order valence-corrected chi connectivity index (χ3v) is 4.63. The lowest BCUT2D eigenvalue weighted by atomic mass is 9.89. The number of carbonyl (C=O) groups is 2. The highest BCUT2D eigenvalue weighted by atomic mass is 16.3. The smallest absolute Gasteiger partial charge is 0.225 e. The van der Waals surface area contributed by atoms with E-state index in [1.54, 1.807) is 0 Å². The minimum atomic E-state index is -0.0763. The summed E-state index contributed by atoms with van der Waals surface area (Å²) in [4.78, 5) is 26.1. The van der Waals surface area contributed by atoms with Crippen molar-refractivity contribution in [3.05, 3.63) is 0 Å². The van der Waals surface area contributed by atoms with Crippen LogP contribution in [0.15, 0.2) is 0 Å². The molecule has 2 fully saturated rings.